The second-order valence-electron chi connectivity index (χ2n) is 5.99. The molecule has 0 aliphatic heterocycles. The molecule has 8 nitrogen and oxygen atoms in total. The average molecular weight is 384 g/mol. The molecule has 8 heteroatoms. The number of benzene rings is 1. The van der Waals surface area contributed by atoms with E-state index in [1.165, 1.54) is 17.9 Å². The molecule has 0 unspecified atom stereocenters. The molecule has 0 radical (unpaired) electrons. The van der Waals surface area contributed by atoms with Crippen LogP contribution in [0.1, 0.15) is 40.3 Å². The molecule has 0 atom stereocenters. The van der Waals surface area contributed by atoms with Crippen molar-refractivity contribution in [1.82, 2.24) is 9.47 Å². The van der Waals surface area contributed by atoms with Gasteiger partial charge in [0.1, 0.15) is 12.7 Å². The summed E-state index contributed by atoms with van der Waals surface area (Å²) in [6, 6.07) is 8.43. The van der Waals surface area contributed by atoms with Gasteiger partial charge in [0.05, 0.1) is 23.9 Å². The van der Waals surface area contributed by atoms with Gasteiger partial charge in [-0.25, -0.2) is 9.59 Å². The number of carbonyl (C=O) groups excluding carboxylic acids is 2. The van der Waals surface area contributed by atoms with Crippen molar-refractivity contribution in [2.24, 2.45) is 0 Å². The highest BCUT2D eigenvalue weighted by Crippen LogP contribution is 2.25. The van der Waals surface area contributed by atoms with Gasteiger partial charge >= 0.3 is 11.9 Å². The molecule has 148 valence electrons. The molecule has 2 N–H and O–H groups in total. The summed E-state index contributed by atoms with van der Waals surface area (Å²) in [5, 5.41) is 9.17. The lowest BCUT2D eigenvalue weighted by Crippen LogP contribution is -2.27. The zero-order valence-corrected chi connectivity index (χ0v) is 16.3. The van der Waals surface area contributed by atoms with Crippen molar-refractivity contribution in [1.29, 1.82) is 5.26 Å². The molecule has 0 saturated heterocycles. The van der Waals surface area contributed by atoms with Crippen LogP contribution in [0.5, 0.6) is 0 Å². The third-order valence-corrected chi connectivity index (χ3v) is 4.46. The number of esters is 2. The maximum absolute atomic E-state index is 12.2. The van der Waals surface area contributed by atoms with Gasteiger partial charge in [0.25, 0.3) is 0 Å². The first-order chi connectivity index (χ1) is 13.5. The highest BCUT2D eigenvalue weighted by Gasteiger charge is 2.21. The number of nitriles is 1. The van der Waals surface area contributed by atoms with Crippen molar-refractivity contribution in [2.45, 2.75) is 13.8 Å². The molecular weight excluding hydrogens is 360 g/mol. The van der Waals surface area contributed by atoms with E-state index in [1.54, 1.807) is 24.3 Å². The molecule has 0 aliphatic carbocycles. The largest absolute Gasteiger partial charge is 0.464 e. The van der Waals surface area contributed by atoms with Crippen LogP contribution in [0.2, 0.25) is 0 Å². The number of ether oxygens (including phenoxy) is 2. The van der Waals surface area contributed by atoms with Gasteiger partial charge in [-0.3, -0.25) is 0 Å². The van der Waals surface area contributed by atoms with E-state index in [1.807, 2.05) is 6.07 Å². The van der Waals surface area contributed by atoms with Gasteiger partial charge in [-0.2, -0.15) is 5.26 Å². The third-order valence-electron chi connectivity index (χ3n) is 4.46. The summed E-state index contributed by atoms with van der Waals surface area (Å²) >= 11 is 0. The Morgan fingerprint density at radius 3 is 2.36 bits per heavy atom. The summed E-state index contributed by atoms with van der Waals surface area (Å²) < 4.78 is 11.5. The van der Waals surface area contributed by atoms with E-state index in [9.17, 15) is 14.9 Å². The van der Waals surface area contributed by atoms with E-state index in [2.05, 4.69) is 18.7 Å². The Morgan fingerprint density at radius 1 is 1.18 bits per heavy atom. The maximum atomic E-state index is 12.2. The first-order valence-corrected chi connectivity index (χ1v) is 8.95. The van der Waals surface area contributed by atoms with Gasteiger partial charge in [-0.1, -0.05) is 13.8 Å². The first kappa shape index (κ1) is 21.0. The topological polar surface area (TPSA) is 111 Å². The van der Waals surface area contributed by atoms with Gasteiger partial charge in [0.15, 0.2) is 5.69 Å². The number of carbonyl (C=O) groups is 2. The number of hydrogen-bond acceptors (Lipinski definition) is 7. The normalized spacial score (nSPS) is 10.5. The fraction of sp³-hybridized carbons (Fsp3) is 0.350. The van der Waals surface area contributed by atoms with E-state index in [0.29, 0.717) is 24.4 Å². The van der Waals surface area contributed by atoms with Crippen molar-refractivity contribution in [3.8, 4) is 11.8 Å². The molecule has 28 heavy (non-hydrogen) atoms. The van der Waals surface area contributed by atoms with Crippen LogP contribution in [0.15, 0.2) is 30.5 Å². The summed E-state index contributed by atoms with van der Waals surface area (Å²) in [7, 11) is 1.24. The Labute approximate surface area is 164 Å². The van der Waals surface area contributed by atoms with E-state index < -0.39 is 11.9 Å². The standard InChI is InChI=1S/C20H24N4O4/c1-4-23(5-2)10-11-28-19(25)14-6-8-16(9-7-14)24-13-15(12-21)17(22)18(24)20(26)27-3/h6-9,13H,4-5,10-11,22H2,1-3H3. The molecule has 0 aliphatic rings. The lowest BCUT2D eigenvalue weighted by Gasteiger charge is -2.17. The molecule has 1 aromatic heterocycles. The molecule has 0 amide bonds. The van der Waals surface area contributed by atoms with Gasteiger partial charge in [-0.05, 0) is 37.4 Å². The number of nitrogens with two attached hydrogens (primary N) is 1. The third kappa shape index (κ3) is 4.50. The number of likely N-dealkylation sites (N-methyl/N-ethyl adjacent to an activating group) is 1. The second-order valence-corrected chi connectivity index (χ2v) is 5.99. The summed E-state index contributed by atoms with van der Waals surface area (Å²) in [5.41, 5.74) is 7.12. The molecule has 2 rings (SSSR count). The van der Waals surface area contributed by atoms with Crippen LogP contribution in [0.4, 0.5) is 5.69 Å². The Bertz CT molecular complexity index is 877. The molecule has 0 spiro atoms. The van der Waals surface area contributed by atoms with Crippen molar-refractivity contribution in [2.75, 3.05) is 39.1 Å². The number of anilines is 1. The highest BCUT2D eigenvalue weighted by molar-refractivity contribution is 5.96. The molecule has 2 aromatic rings. The minimum atomic E-state index is -0.654. The Hall–Kier alpha value is -3.31. The minimum Gasteiger partial charge on any atom is -0.464 e. The molecule has 0 fully saturated rings. The van der Waals surface area contributed by atoms with Crippen molar-refractivity contribution in [3.05, 3.63) is 47.3 Å². The van der Waals surface area contributed by atoms with Crippen LogP contribution in [-0.2, 0) is 9.47 Å². The van der Waals surface area contributed by atoms with Crippen molar-refractivity contribution >= 4 is 17.6 Å². The van der Waals surface area contributed by atoms with Crippen LogP contribution in [-0.4, -0.2) is 54.8 Å². The number of rotatable bonds is 8. The van der Waals surface area contributed by atoms with Crippen LogP contribution in [0.3, 0.4) is 0 Å². The molecule has 1 heterocycles. The SMILES string of the molecule is CCN(CC)CCOC(=O)c1ccc(-n2cc(C#N)c(N)c2C(=O)OC)cc1. The van der Waals surface area contributed by atoms with E-state index >= 15 is 0 Å². The quantitative estimate of drug-likeness (QED) is 0.695. The van der Waals surface area contributed by atoms with Gasteiger partial charge in [0, 0.05) is 18.4 Å². The summed E-state index contributed by atoms with van der Waals surface area (Å²) in [6.07, 6.45) is 1.46. The molecular formula is C20H24N4O4. The Balaban J connectivity index is 2.18. The predicted octanol–water partition coefficient (Wildman–Crippen LogP) is 2.22. The Morgan fingerprint density at radius 2 is 1.82 bits per heavy atom. The zero-order chi connectivity index (χ0) is 20.7. The summed E-state index contributed by atoms with van der Waals surface area (Å²) in [4.78, 5) is 26.4. The van der Waals surface area contributed by atoms with Gasteiger partial charge in [-0.15, -0.1) is 0 Å². The fourth-order valence-electron chi connectivity index (χ4n) is 2.77. The number of nitrogen functional groups attached to an aromatic ring is 1. The zero-order valence-electron chi connectivity index (χ0n) is 16.3. The fourth-order valence-corrected chi connectivity index (χ4v) is 2.77. The first-order valence-electron chi connectivity index (χ1n) is 8.95. The second kappa shape index (κ2) is 9.58. The van der Waals surface area contributed by atoms with Crippen molar-refractivity contribution in [3.63, 3.8) is 0 Å². The number of nitrogens with zero attached hydrogens (tertiary/aromatic N) is 3. The van der Waals surface area contributed by atoms with Crippen molar-refractivity contribution < 1.29 is 19.1 Å². The number of aromatic nitrogens is 1. The lowest BCUT2D eigenvalue weighted by molar-refractivity contribution is 0.0465. The lowest BCUT2D eigenvalue weighted by atomic mass is 10.2. The molecule has 0 saturated carbocycles. The smallest absolute Gasteiger partial charge is 0.357 e. The highest BCUT2D eigenvalue weighted by atomic mass is 16.5. The van der Waals surface area contributed by atoms with E-state index in [0.717, 1.165) is 13.1 Å². The van der Waals surface area contributed by atoms with Gasteiger partial charge < -0.3 is 24.7 Å². The van der Waals surface area contributed by atoms with Crippen LogP contribution < -0.4 is 5.73 Å². The average Bonchev–Trinajstić information content (AvgIpc) is 3.06. The molecule has 1 aromatic carbocycles. The number of methoxy groups -OCH3 is 1. The van der Waals surface area contributed by atoms with Crippen LogP contribution in [0.25, 0.3) is 5.69 Å². The molecule has 0 bridgehead atoms. The summed E-state index contributed by atoms with van der Waals surface area (Å²) in [5.74, 6) is -1.07. The minimum absolute atomic E-state index is 0.0502. The predicted molar refractivity (Wildman–Crippen MR) is 104 cm³/mol. The number of hydrogen-bond donors (Lipinski definition) is 1. The summed E-state index contributed by atoms with van der Waals surface area (Å²) in [6.45, 7) is 6.90. The van der Waals surface area contributed by atoms with Crippen LogP contribution in [0, 0.1) is 11.3 Å². The van der Waals surface area contributed by atoms with Crippen LogP contribution >= 0.6 is 0 Å². The van der Waals surface area contributed by atoms with E-state index in [4.69, 9.17) is 15.2 Å². The Kier molecular flexibility index (Phi) is 7.18. The monoisotopic (exact) mass is 384 g/mol. The van der Waals surface area contributed by atoms with Gasteiger partial charge in [0.2, 0.25) is 0 Å². The maximum Gasteiger partial charge on any atom is 0.357 e. The van der Waals surface area contributed by atoms with E-state index in [-0.39, 0.29) is 16.9 Å².